The maximum Gasteiger partial charge on any atom is 0.416 e. The van der Waals surface area contributed by atoms with Crippen LogP contribution in [0.25, 0.3) is 11.3 Å². The fraction of sp³-hybridized carbons (Fsp3) is 0.190. The fourth-order valence-electron chi connectivity index (χ4n) is 3.37. The summed E-state index contributed by atoms with van der Waals surface area (Å²) in [6.45, 7) is 1.59. The topological polar surface area (TPSA) is 88.1 Å². The van der Waals surface area contributed by atoms with E-state index in [1.807, 2.05) is 0 Å². The smallest absolute Gasteiger partial charge is 0.355 e. The molecule has 0 bridgehead atoms. The van der Waals surface area contributed by atoms with Crippen molar-refractivity contribution in [3.8, 4) is 11.3 Å². The van der Waals surface area contributed by atoms with E-state index in [0.717, 1.165) is 12.1 Å². The van der Waals surface area contributed by atoms with Crippen molar-refractivity contribution in [2.45, 2.75) is 18.6 Å². The summed E-state index contributed by atoms with van der Waals surface area (Å²) in [7, 11) is 1.80. The van der Waals surface area contributed by atoms with Crippen molar-refractivity contribution in [2.24, 2.45) is 7.05 Å². The number of amides is 3. The third-order valence-electron chi connectivity index (χ3n) is 5.11. The Morgan fingerprint density at radius 1 is 1.10 bits per heavy atom. The molecule has 3 N–H and O–H groups in total. The van der Waals surface area contributed by atoms with Crippen LogP contribution in [-0.2, 0) is 23.6 Å². The minimum absolute atomic E-state index is 0.455. The molecule has 7 nitrogen and oxygen atoms in total. The Bertz CT molecular complexity index is 1170. The normalized spacial score (nSPS) is 18.6. The summed E-state index contributed by atoms with van der Waals surface area (Å²) >= 11 is 0. The molecule has 0 radical (unpaired) electrons. The summed E-state index contributed by atoms with van der Waals surface area (Å²) in [5.41, 5.74) is 0.781. The first-order chi connectivity index (χ1) is 14.6. The molecule has 1 fully saturated rings. The molecule has 160 valence electrons. The lowest BCUT2D eigenvalue weighted by atomic mass is 9.90. The van der Waals surface area contributed by atoms with Crippen molar-refractivity contribution >= 4 is 23.3 Å². The van der Waals surface area contributed by atoms with Gasteiger partial charge in [-0.1, -0.05) is 6.07 Å². The number of halogens is 3. The minimum Gasteiger partial charge on any atom is -0.355 e. The Morgan fingerprint density at radius 2 is 1.81 bits per heavy atom. The van der Waals surface area contributed by atoms with E-state index >= 15 is 0 Å². The molecule has 1 aromatic heterocycles. The number of imidazole rings is 1. The average Bonchev–Trinajstić information content (AvgIpc) is 3.24. The number of aryl methyl sites for hydroxylation is 1. The molecule has 0 spiro atoms. The van der Waals surface area contributed by atoms with Crippen LogP contribution in [0.15, 0.2) is 55.0 Å². The van der Waals surface area contributed by atoms with Gasteiger partial charge in [-0.05, 0) is 48.9 Å². The van der Waals surface area contributed by atoms with E-state index in [4.69, 9.17) is 0 Å². The lowest BCUT2D eigenvalue weighted by molar-refractivity contribution is -0.137. The number of hydrogen-bond acceptors (Lipinski definition) is 4. The number of rotatable bonds is 4. The van der Waals surface area contributed by atoms with Gasteiger partial charge in [-0.25, -0.2) is 9.78 Å². The maximum absolute atomic E-state index is 12.8. The predicted molar refractivity (Wildman–Crippen MR) is 107 cm³/mol. The summed E-state index contributed by atoms with van der Waals surface area (Å²) in [4.78, 5) is 28.3. The zero-order valence-corrected chi connectivity index (χ0v) is 16.5. The number of benzene rings is 2. The number of alkyl halides is 3. The van der Waals surface area contributed by atoms with Crippen molar-refractivity contribution in [3.05, 3.63) is 66.1 Å². The number of anilines is 2. The van der Waals surface area contributed by atoms with Crippen molar-refractivity contribution in [3.63, 3.8) is 0 Å². The molecule has 4 rings (SSSR count). The van der Waals surface area contributed by atoms with Crippen LogP contribution in [0.5, 0.6) is 0 Å². The van der Waals surface area contributed by atoms with Gasteiger partial charge < -0.3 is 15.2 Å². The number of aromatic nitrogens is 2. The van der Waals surface area contributed by atoms with Crippen LogP contribution in [0.4, 0.5) is 29.3 Å². The van der Waals surface area contributed by atoms with E-state index in [1.54, 1.807) is 49.3 Å². The van der Waals surface area contributed by atoms with Gasteiger partial charge in [0.05, 0.1) is 17.6 Å². The Labute approximate surface area is 175 Å². The average molecular weight is 429 g/mol. The summed E-state index contributed by atoms with van der Waals surface area (Å²) in [6, 6.07) is 9.17. The molecule has 0 aliphatic carbocycles. The van der Waals surface area contributed by atoms with Gasteiger partial charge in [0.15, 0.2) is 0 Å². The van der Waals surface area contributed by atoms with Gasteiger partial charge in [-0.15, -0.1) is 0 Å². The third kappa shape index (κ3) is 3.83. The number of urea groups is 1. The second-order valence-electron chi connectivity index (χ2n) is 7.42. The number of imide groups is 1. The quantitative estimate of drug-likeness (QED) is 0.549. The number of nitrogens with zero attached hydrogens (tertiary/aromatic N) is 2. The number of carbonyl (C=O) groups excluding carboxylic acids is 2. The van der Waals surface area contributed by atoms with Crippen molar-refractivity contribution < 1.29 is 22.8 Å². The molecule has 3 aromatic rings. The first-order valence-corrected chi connectivity index (χ1v) is 9.27. The summed E-state index contributed by atoms with van der Waals surface area (Å²) in [6.07, 6.45) is -1.04. The van der Waals surface area contributed by atoms with Gasteiger partial charge in [0.1, 0.15) is 5.54 Å². The standard InChI is InChI=1S/C21H18F3N5O2/c1-20(18(30)27-19(31)28-20)13-5-8-16(15(9-13)17-10-29(2)11-25-17)26-14-6-3-12(4-7-14)21(22,23)24/h3-11,26H,1-2H3,(H2,27,28,30,31). The van der Waals surface area contributed by atoms with Crippen LogP contribution in [0.3, 0.4) is 0 Å². The van der Waals surface area contributed by atoms with E-state index in [0.29, 0.717) is 28.2 Å². The molecule has 1 unspecified atom stereocenters. The minimum atomic E-state index is -4.42. The largest absolute Gasteiger partial charge is 0.416 e. The lowest BCUT2D eigenvalue weighted by Crippen LogP contribution is -2.40. The molecular formula is C21H18F3N5O2. The fourth-order valence-corrected chi connectivity index (χ4v) is 3.37. The van der Waals surface area contributed by atoms with Crippen LogP contribution in [0, 0.1) is 0 Å². The second kappa shape index (κ2) is 7.15. The Balaban J connectivity index is 1.74. The van der Waals surface area contributed by atoms with Crippen molar-refractivity contribution in [1.29, 1.82) is 0 Å². The SMILES string of the molecule is Cn1cnc(-c2cc(C3(C)NC(=O)NC3=O)ccc2Nc2ccc(C(F)(F)F)cc2)c1. The van der Waals surface area contributed by atoms with Crippen LogP contribution < -0.4 is 16.0 Å². The molecule has 1 aliphatic rings. The Kier molecular flexibility index (Phi) is 4.72. The molecule has 1 saturated heterocycles. The molecule has 0 saturated carbocycles. The van der Waals surface area contributed by atoms with Crippen LogP contribution in [0.2, 0.25) is 0 Å². The van der Waals surface area contributed by atoms with Gasteiger partial charge in [-0.2, -0.15) is 13.2 Å². The first kappa shape index (κ1) is 20.5. The highest BCUT2D eigenvalue weighted by Crippen LogP contribution is 2.35. The summed E-state index contributed by atoms with van der Waals surface area (Å²) in [5, 5.41) is 7.95. The Hall–Kier alpha value is -3.82. The van der Waals surface area contributed by atoms with Gasteiger partial charge in [0.2, 0.25) is 0 Å². The first-order valence-electron chi connectivity index (χ1n) is 9.27. The lowest BCUT2D eigenvalue weighted by Gasteiger charge is -2.23. The number of hydrogen-bond donors (Lipinski definition) is 3. The summed E-state index contributed by atoms with van der Waals surface area (Å²) < 4.78 is 40.2. The highest BCUT2D eigenvalue weighted by Gasteiger charge is 2.43. The molecule has 1 atom stereocenters. The molecule has 31 heavy (non-hydrogen) atoms. The molecular weight excluding hydrogens is 411 g/mol. The maximum atomic E-state index is 12.8. The van der Waals surface area contributed by atoms with Crippen molar-refractivity contribution in [1.82, 2.24) is 20.2 Å². The van der Waals surface area contributed by atoms with E-state index in [9.17, 15) is 22.8 Å². The predicted octanol–water partition coefficient (Wildman–Crippen LogP) is 3.90. The van der Waals surface area contributed by atoms with Gasteiger partial charge in [-0.3, -0.25) is 10.1 Å². The van der Waals surface area contributed by atoms with Gasteiger partial charge in [0.25, 0.3) is 5.91 Å². The highest BCUT2D eigenvalue weighted by molar-refractivity contribution is 6.07. The molecule has 2 heterocycles. The molecule has 10 heteroatoms. The van der Waals surface area contributed by atoms with Gasteiger partial charge >= 0.3 is 12.2 Å². The molecule has 2 aromatic carbocycles. The molecule has 1 aliphatic heterocycles. The van der Waals surface area contributed by atoms with Crippen molar-refractivity contribution in [2.75, 3.05) is 5.32 Å². The second-order valence-corrected chi connectivity index (χ2v) is 7.42. The Morgan fingerprint density at radius 3 is 2.35 bits per heavy atom. The van der Waals surface area contributed by atoms with Crippen LogP contribution in [0.1, 0.15) is 18.1 Å². The summed E-state index contributed by atoms with van der Waals surface area (Å²) in [5.74, 6) is -0.479. The highest BCUT2D eigenvalue weighted by atomic mass is 19.4. The number of nitrogens with one attached hydrogen (secondary N) is 3. The van der Waals surface area contributed by atoms with E-state index < -0.39 is 29.2 Å². The number of carbonyl (C=O) groups is 2. The van der Waals surface area contributed by atoms with E-state index in [1.165, 1.54) is 12.1 Å². The van der Waals surface area contributed by atoms with E-state index in [2.05, 4.69) is 20.9 Å². The monoisotopic (exact) mass is 429 g/mol. The zero-order chi connectivity index (χ0) is 22.4. The van der Waals surface area contributed by atoms with Crippen LogP contribution in [-0.4, -0.2) is 21.5 Å². The van der Waals surface area contributed by atoms with Gasteiger partial charge in [0, 0.05) is 30.2 Å². The third-order valence-corrected chi connectivity index (χ3v) is 5.11. The molecule has 3 amide bonds. The van der Waals surface area contributed by atoms with Crippen LogP contribution >= 0.6 is 0 Å². The van der Waals surface area contributed by atoms with E-state index in [-0.39, 0.29) is 0 Å². The zero-order valence-electron chi connectivity index (χ0n) is 16.5.